The van der Waals surface area contributed by atoms with E-state index in [-0.39, 0.29) is 11.4 Å². The van der Waals surface area contributed by atoms with Crippen molar-refractivity contribution in [2.24, 2.45) is 0 Å². The van der Waals surface area contributed by atoms with Gasteiger partial charge in [0, 0.05) is 18.0 Å². The van der Waals surface area contributed by atoms with E-state index in [0.717, 1.165) is 6.26 Å². The van der Waals surface area contributed by atoms with Crippen LogP contribution in [0.15, 0.2) is 59.5 Å². The Morgan fingerprint density at radius 3 is 2.62 bits per heavy atom. The van der Waals surface area contributed by atoms with Gasteiger partial charge in [-0.2, -0.15) is 0 Å². The van der Waals surface area contributed by atoms with Gasteiger partial charge in [0.25, 0.3) is 0 Å². The lowest BCUT2D eigenvalue weighted by atomic mass is 10.1. The molecule has 178 valence electrons. The summed E-state index contributed by atoms with van der Waals surface area (Å²) in [5.41, 5.74) is 1.30. The highest BCUT2D eigenvalue weighted by Crippen LogP contribution is 2.34. The minimum Gasteiger partial charge on any atom is -0.493 e. The van der Waals surface area contributed by atoms with Gasteiger partial charge in [0.05, 0.1) is 36.5 Å². The molecular formula is C24H24FN3O5S. The third-order valence-corrected chi connectivity index (χ3v) is 6.33. The summed E-state index contributed by atoms with van der Waals surface area (Å²) in [5, 5.41) is 0. The van der Waals surface area contributed by atoms with Crippen LogP contribution < -0.4 is 15.2 Å². The predicted octanol–water partition coefficient (Wildman–Crippen LogP) is 3.57. The Bertz CT molecular complexity index is 1510. The number of fused-ring (bicyclic) bond motifs is 1. The van der Waals surface area contributed by atoms with Gasteiger partial charge >= 0.3 is 5.69 Å². The van der Waals surface area contributed by atoms with Gasteiger partial charge in [-0.3, -0.25) is 9.55 Å². The van der Waals surface area contributed by atoms with Crippen molar-refractivity contribution in [1.29, 1.82) is 0 Å². The first-order valence-electron chi connectivity index (χ1n) is 10.6. The van der Waals surface area contributed by atoms with Crippen molar-refractivity contribution in [3.63, 3.8) is 0 Å². The maximum absolute atomic E-state index is 14.5. The number of methoxy groups -OCH3 is 1. The molecule has 0 bridgehead atoms. The third-order valence-electron chi connectivity index (χ3n) is 5.41. The van der Waals surface area contributed by atoms with Crippen molar-refractivity contribution in [1.82, 2.24) is 14.5 Å². The molecule has 0 spiro atoms. The van der Waals surface area contributed by atoms with Crippen molar-refractivity contribution in [3.05, 3.63) is 76.6 Å². The van der Waals surface area contributed by atoms with Crippen LogP contribution in [0.2, 0.25) is 0 Å². The highest BCUT2D eigenvalue weighted by Gasteiger charge is 2.26. The molecule has 0 amide bonds. The van der Waals surface area contributed by atoms with Crippen LogP contribution in [-0.4, -0.2) is 48.7 Å². The summed E-state index contributed by atoms with van der Waals surface area (Å²) in [6, 6.07) is 11.9. The molecule has 0 saturated carbocycles. The lowest BCUT2D eigenvalue weighted by Crippen LogP contribution is -2.28. The van der Waals surface area contributed by atoms with Crippen molar-refractivity contribution < 1.29 is 22.3 Å². The van der Waals surface area contributed by atoms with E-state index in [1.165, 1.54) is 30.0 Å². The van der Waals surface area contributed by atoms with Crippen LogP contribution in [0.1, 0.15) is 18.5 Å². The first kappa shape index (κ1) is 23.5. The van der Waals surface area contributed by atoms with Crippen molar-refractivity contribution >= 4 is 20.9 Å². The smallest absolute Gasteiger partial charge is 0.327 e. The number of benzene rings is 2. The summed E-state index contributed by atoms with van der Waals surface area (Å²) in [5.74, 6) is 0.0562. The van der Waals surface area contributed by atoms with Gasteiger partial charge in [0.2, 0.25) is 0 Å². The number of sulfone groups is 1. The SMILES string of the molecule is CCOc1cc(C(CS(C)(=O)=O)n2c(=O)[nH]c3c(-c4ncccc4F)cccc32)ccc1OC. The summed E-state index contributed by atoms with van der Waals surface area (Å²) in [4.78, 5) is 20.1. The molecule has 10 heteroatoms. The fraction of sp³-hybridized carbons (Fsp3) is 0.250. The fourth-order valence-electron chi connectivity index (χ4n) is 4.01. The second kappa shape index (κ2) is 9.30. The second-order valence-corrected chi connectivity index (χ2v) is 9.97. The Morgan fingerprint density at radius 2 is 1.94 bits per heavy atom. The number of para-hydroxylation sites is 1. The Labute approximate surface area is 195 Å². The highest BCUT2D eigenvalue weighted by atomic mass is 32.2. The molecule has 1 N–H and O–H groups in total. The van der Waals surface area contributed by atoms with E-state index in [0.29, 0.717) is 40.3 Å². The third kappa shape index (κ3) is 4.54. The molecule has 4 aromatic rings. The molecule has 2 heterocycles. The van der Waals surface area contributed by atoms with E-state index in [4.69, 9.17) is 9.47 Å². The molecule has 0 radical (unpaired) electrons. The van der Waals surface area contributed by atoms with Gasteiger partial charge in [-0.15, -0.1) is 0 Å². The summed E-state index contributed by atoms with van der Waals surface area (Å²) >= 11 is 0. The van der Waals surface area contributed by atoms with Crippen LogP contribution in [0.5, 0.6) is 11.5 Å². The summed E-state index contributed by atoms with van der Waals surface area (Å²) in [7, 11) is -2.00. The number of nitrogens with one attached hydrogen (secondary N) is 1. The van der Waals surface area contributed by atoms with Crippen LogP contribution >= 0.6 is 0 Å². The normalized spacial score (nSPS) is 12.6. The second-order valence-electron chi connectivity index (χ2n) is 7.79. The maximum atomic E-state index is 14.5. The van der Waals surface area contributed by atoms with E-state index in [9.17, 15) is 17.6 Å². The number of halogens is 1. The van der Waals surface area contributed by atoms with Crippen molar-refractivity contribution in [2.45, 2.75) is 13.0 Å². The largest absolute Gasteiger partial charge is 0.493 e. The van der Waals surface area contributed by atoms with Gasteiger partial charge in [-0.1, -0.05) is 18.2 Å². The lowest BCUT2D eigenvalue weighted by Gasteiger charge is -2.20. The van der Waals surface area contributed by atoms with Gasteiger partial charge < -0.3 is 14.5 Å². The Morgan fingerprint density at radius 1 is 1.15 bits per heavy atom. The molecule has 34 heavy (non-hydrogen) atoms. The summed E-state index contributed by atoms with van der Waals surface area (Å²) < 4.78 is 51.6. The minimum atomic E-state index is -3.51. The van der Waals surface area contributed by atoms with Crippen LogP contribution in [-0.2, 0) is 9.84 Å². The molecule has 8 nitrogen and oxygen atoms in total. The van der Waals surface area contributed by atoms with Gasteiger partial charge in [0.15, 0.2) is 11.5 Å². The maximum Gasteiger partial charge on any atom is 0.327 e. The van der Waals surface area contributed by atoms with Crippen LogP contribution in [0, 0.1) is 5.82 Å². The van der Waals surface area contributed by atoms with Gasteiger partial charge in [-0.05, 0) is 42.8 Å². The first-order valence-corrected chi connectivity index (χ1v) is 12.6. The van der Waals surface area contributed by atoms with E-state index in [1.54, 1.807) is 36.4 Å². The highest BCUT2D eigenvalue weighted by molar-refractivity contribution is 7.90. The van der Waals surface area contributed by atoms with Crippen molar-refractivity contribution in [3.8, 4) is 22.8 Å². The summed E-state index contributed by atoms with van der Waals surface area (Å²) in [6.45, 7) is 2.20. The zero-order valence-electron chi connectivity index (χ0n) is 18.9. The van der Waals surface area contributed by atoms with E-state index >= 15 is 0 Å². The van der Waals surface area contributed by atoms with Crippen LogP contribution in [0.3, 0.4) is 0 Å². The lowest BCUT2D eigenvalue weighted by molar-refractivity contribution is 0.310. The number of H-pyrrole nitrogens is 1. The Kier molecular flexibility index (Phi) is 6.43. The van der Waals surface area contributed by atoms with Crippen LogP contribution in [0.25, 0.3) is 22.3 Å². The number of ether oxygens (including phenoxy) is 2. The number of rotatable bonds is 8. The molecular weight excluding hydrogens is 461 g/mol. The molecule has 1 unspecified atom stereocenters. The van der Waals surface area contributed by atoms with Crippen molar-refractivity contribution in [2.75, 3.05) is 25.7 Å². The average molecular weight is 486 g/mol. The number of aromatic nitrogens is 3. The molecule has 4 rings (SSSR count). The molecule has 0 fully saturated rings. The van der Waals surface area contributed by atoms with Crippen LogP contribution in [0.4, 0.5) is 4.39 Å². The monoisotopic (exact) mass is 485 g/mol. The summed E-state index contributed by atoms with van der Waals surface area (Å²) in [6.07, 6.45) is 2.58. The zero-order valence-corrected chi connectivity index (χ0v) is 19.7. The number of pyridine rings is 1. The van der Waals surface area contributed by atoms with Gasteiger partial charge in [0.1, 0.15) is 21.3 Å². The first-order chi connectivity index (χ1) is 16.2. The predicted molar refractivity (Wildman–Crippen MR) is 128 cm³/mol. The topological polar surface area (TPSA) is 103 Å². The molecule has 0 aliphatic carbocycles. The number of imidazole rings is 1. The van der Waals surface area contributed by atoms with E-state index in [2.05, 4.69) is 9.97 Å². The van der Waals surface area contributed by atoms with E-state index in [1.807, 2.05) is 6.92 Å². The molecule has 0 saturated heterocycles. The Hall–Kier alpha value is -3.66. The quantitative estimate of drug-likeness (QED) is 0.409. The number of hydrogen-bond donors (Lipinski definition) is 1. The Balaban J connectivity index is 1.96. The fourth-order valence-corrected chi connectivity index (χ4v) is 4.93. The molecule has 1 atom stereocenters. The average Bonchev–Trinajstić information content (AvgIpc) is 3.13. The standard InChI is InChI=1S/C24H24FN3O5S/c1-4-33-21-13-15(10-11-20(21)32-2)19(14-34(3,30)31)28-18-9-5-7-16(23(18)27-24(28)29)22-17(25)8-6-12-26-22/h5-13,19H,4,14H2,1-3H3,(H,27,29). The zero-order chi connectivity index (χ0) is 24.5. The van der Waals surface area contributed by atoms with E-state index < -0.39 is 27.4 Å². The van der Waals surface area contributed by atoms with Gasteiger partial charge in [-0.25, -0.2) is 17.6 Å². The molecule has 0 aliphatic rings. The minimum absolute atomic E-state index is 0.0873. The number of aromatic amines is 1. The molecule has 2 aromatic carbocycles. The molecule has 0 aliphatic heterocycles. The molecule has 2 aromatic heterocycles. The number of nitrogens with zero attached hydrogens (tertiary/aromatic N) is 2. The number of hydrogen-bond acceptors (Lipinski definition) is 6.